The summed E-state index contributed by atoms with van der Waals surface area (Å²) < 4.78 is 5.30. The monoisotopic (exact) mass is 353 g/mol. The van der Waals surface area contributed by atoms with Crippen molar-refractivity contribution in [1.29, 1.82) is 0 Å². The first-order valence-electron chi connectivity index (χ1n) is 8.55. The Bertz CT molecular complexity index is 799. The predicted octanol–water partition coefficient (Wildman–Crippen LogP) is 3.67. The van der Waals surface area contributed by atoms with Crippen LogP contribution < -0.4 is 15.5 Å². The van der Waals surface area contributed by atoms with Crippen molar-refractivity contribution in [3.8, 4) is 0 Å². The number of alkyl carbamates (subject to hydrolysis) is 1. The van der Waals surface area contributed by atoms with Gasteiger partial charge in [0.15, 0.2) is 0 Å². The van der Waals surface area contributed by atoms with E-state index >= 15 is 0 Å². The van der Waals surface area contributed by atoms with Crippen molar-refractivity contribution in [3.05, 3.63) is 54.6 Å². The number of hydrogen-bond donors (Lipinski definition) is 2. The Labute approximate surface area is 153 Å². The quantitative estimate of drug-likeness (QED) is 0.864. The van der Waals surface area contributed by atoms with Crippen molar-refractivity contribution in [2.75, 3.05) is 16.8 Å². The van der Waals surface area contributed by atoms with Crippen LogP contribution in [0.15, 0.2) is 54.6 Å². The Hall–Kier alpha value is -3.02. The minimum atomic E-state index is -0.752. The van der Waals surface area contributed by atoms with Gasteiger partial charge in [0.1, 0.15) is 11.6 Å². The summed E-state index contributed by atoms with van der Waals surface area (Å²) in [5.41, 5.74) is 1.88. The second kappa shape index (κ2) is 7.07. The number of nitrogens with one attached hydrogen (secondary N) is 2. The van der Waals surface area contributed by atoms with Crippen LogP contribution in [0.2, 0.25) is 0 Å². The number of benzene rings is 2. The van der Waals surface area contributed by atoms with Gasteiger partial charge in [0.2, 0.25) is 5.91 Å². The van der Waals surface area contributed by atoms with Crippen molar-refractivity contribution in [1.82, 2.24) is 5.32 Å². The normalized spacial score (nSPS) is 17.0. The topological polar surface area (TPSA) is 70.7 Å². The third-order valence-corrected chi connectivity index (χ3v) is 3.89. The average Bonchev–Trinajstić information content (AvgIpc) is 2.71. The van der Waals surface area contributed by atoms with E-state index < -0.39 is 17.7 Å². The molecule has 0 fully saturated rings. The molecule has 6 nitrogen and oxygen atoms in total. The van der Waals surface area contributed by atoms with Gasteiger partial charge in [0.05, 0.1) is 17.9 Å². The maximum atomic E-state index is 12.6. The van der Waals surface area contributed by atoms with Crippen LogP contribution in [-0.4, -0.2) is 30.2 Å². The van der Waals surface area contributed by atoms with Crippen molar-refractivity contribution in [2.45, 2.75) is 32.4 Å². The zero-order chi connectivity index (χ0) is 18.7. The highest BCUT2D eigenvalue weighted by Gasteiger charge is 2.31. The first kappa shape index (κ1) is 17.8. The molecule has 0 aromatic heterocycles. The van der Waals surface area contributed by atoms with E-state index in [1.54, 1.807) is 20.8 Å². The van der Waals surface area contributed by atoms with E-state index in [9.17, 15) is 9.59 Å². The van der Waals surface area contributed by atoms with Gasteiger partial charge >= 0.3 is 6.09 Å². The number of rotatable bonds is 2. The molecule has 1 heterocycles. The number of fused-ring (bicyclic) bond motifs is 1. The standard InChI is InChI=1S/C20H23N3O3/c1-20(2,3)26-19(25)22-16-13-23(14-9-5-4-6-10-14)17-12-8-7-11-15(17)21-18(16)24/h4-12,16H,13H2,1-3H3,(H,21,24)(H,22,25)/t16-/m1/s1. The van der Waals surface area contributed by atoms with E-state index in [-0.39, 0.29) is 5.91 Å². The van der Waals surface area contributed by atoms with Crippen LogP contribution in [-0.2, 0) is 9.53 Å². The molecular formula is C20H23N3O3. The second-order valence-electron chi connectivity index (χ2n) is 7.15. The van der Waals surface area contributed by atoms with E-state index in [0.29, 0.717) is 12.2 Å². The molecular weight excluding hydrogens is 330 g/mol. The lowest BCUT2D eigenvalue weighted by Crippen LogP contribution is -2.49. The van der Waals surface area contributed by atoms with Crippen molar-refractivity contribution in [2.24, 2.45) is 0 Å². The SMILES string of the molecule is CC(C)(C)OC(=O)N[C@@H]1CN(c2ccccc2)c2ccccc2NC1=O. The molecule has 0 saturated carbocycles. The Morgan fingerprint density at radius 1 is 1.12 bits per heavy atom. The van der Waals surface area contributed by atoms with E-state index in [1.165, 1.54) is 0 Å². The lowest BCUT2D eigenvalue weighted by atomic mass is 10.2. The summed E-state index contributed by atoms with van der Waals surface area (Å²) in [7, 11) is 0. The predicted molar refractivity (Wildman–Crippen MR) is 102 cm³/mol. The molecule has 0 spiro atoms. The van der Waals surface area contributed by atoms with Gasteiger partial charge in [-0.1, -0.05) is 30.3 Å². The Balaban J connectivity index is 1.90. The fraction of sp³-hybridized carbons (Fsp3) is 0.300. The molecule has 26 heavy (non-hydrogen) atoms. The molecule has 2 N–H and O–H groups in total. The molecule has 6 heteroatoms. The summed E-state index contributed by atoms with van der Waals surface area (Å²) in [5.74, 6) is -0.276. The third-order valence-electron chi connectivity index (χ3n) is 3.89. The van der Waals surface area contributed by atoms with Gasteiger partial charge in [-0.25, -0.2) is 4.79 Å². The number of carbonyl (C=O) groups is 2. The molecule has 0 saturated heterocycles. The van der Waals surface area contributed by atoms with E-state index in [0.717, 1.165) is 11.4 Å². The molecule has 2 aromatic carbocycles. The maximum absolute atomic E-state index is 12.6. The van der Waals surface area contributed by atoms with Crippen molar-refractivity contribution >= 4 is 29.1 Å². The van der Waals surface area contributed by atoms with E-state index in [4.69, 9.17) is 4.74 Å². The van der Waals surface area contributed by atoms with Crippen LogP contribution in [0.3, 0.4) is 0 Å². The maximum Gasteiger partial charge on any atom is 0.408 e. The molecule has 1 aliphatic heterocycles. The summed E-state index contributed by atoms with van der Waals surface area (Å²) in [6.45, 7) is 5.65. The highest BCUT2D eigenvalue weighted by molar-refractivity contribution is 6.02. The molecule has 0 unspecified atom stereocenters. The number of nitrogens with zero attached hydrogens (tertiary/aromatic N) is 1. The van der Waals surface area contributed by atoms with E-state index in [1.807, 2.05) is 59.5 Å². The van der Waals surface area contributed by atoms with Crippen molar-refractivity contribution in [3.63, 3.8) is 0 Å². The van der Waals surface area contributed by atoms with Crippen LogP contribution in [0.1, 0.15) is 20.8 Å². The summed E-state index contributed by atoms with van der Waals surface area (Å²) in [6, 6.07) is 16.6. The summed E-state index contributed by atoms with van der Waals surface area (Å²) in [6.07, 6.45) is -0.614. The van der Waals surface area contributed by atoms with Gasteiger partial charge < -0.3 is 20.3 Å². The second-order valence-corrected chi connectivity index (χ2v) is 7.15. The van der Waals surface area contributed by atoms with Gasteiger partial charge in [-0.2, -0.15) is 0 Å². The Morgan fingerprint density at radius 2 is 1.77 bits per heavy atom. The largest absolute Gasteiger partial charge is 0.444 e. The van der Waals surface area contributed by atoms with Crippen LogP contribution >= 0.6 is 0 Å². The highest BCUT2D eigenvalue weighted by Crippen LogP contribution is 2.34. The first-order chi connectivity index (χ1) is 12.3. The molecule has 2 aromatic rings. The van der Waals surface area contributed by atoms with Gasteiger partial charge in [0, 0.05) is 5.69 Å². The number of carbonyl (C=O) groups excluding carboxylic acids is 2. The summed E-state index contributed by atoms with van der Waals surface area (Å²) in [4.78, 5) is 26.8. The Morgan fingerprint density at radius 3 is 2.46 bits per heavy atom. The molecule has 1 atom stereocenters. The molecule has 0 bridgehead atoms. The molecule has 0 aliphatic carbocycles. The van der Waals surface area contributed by atoms with Gasteiger partial charge in [0.25, 0.3) is 0 Å². The van der Waals surface area contributed by atoms with E-state index in [2.05, 4.69) is 10.6 Å². The first-order valence-corrected chi connectivity index (χ1v) is 8.55. The number of anilines is 3. The minimum absolute atomic E-state index is 0.276. The number of ether oxygens (including phenoxy) is 1. The van der Waals surface area contributed by atoms with Crippen LogP contribution in [0.25, 0.3) is 0 Å². The lowest BCUT2D eigenvalue weighted by molar-refractivity contribution is -0.117. The van der Waals surface area contributed by atoms with Crippen LogP contribution in [0, 0.1) is 0 Å². The average molecular weight is 353 g/mol. The smallest absolute Gasteiger partial charge is 0.408 e. The molecule has 3 rings (SSSR count). The lowest BCUT2D eigenvalue weighted by Gasteiger charge is -2.27. The molecule has 1 aliphatic rings. The molecule has 2 amide bonds. The fourth-order valence-electron chi connectivity index (χ4n) is 2.81. The molecule has 136 valence electrons. The summed E-state index contributed by atoms with van der Waals surface area (Å²) >= 11 is 0. The van der Waals surface area contributed by atoms with Crippen molar-refractivity contribution < 1.29 is 14.3 Å². The zero-order valence-electron chi connectivity index (χ0n) is 15.2. The van der Waals surface area contributed by atoms with Gasteiger partial charge in [-0.15, -0.1) is 0 Å². The summed E-state index contributed by atoms with van der Waals surface area (Å²) in [5, 5.41) is 5.57. The third kappa shape index (κ3) is 4.14. The number of para-hydroxylation sites is 3. The van der Waals surface area contributed by atoms with Crippen LogP contribution in [0.4, 0.5) is 21.9 Å². The zero-order valence-corrected chi connectivity index (χ0v) is 15.2. The number of amides is 2. The van der Waals surface area contributed by atoms with Gasteiger partial charge in [-0.3, -0.25) is 4.79 Å². The highest BCUT2D eigenvalue weighted by atomic mass is 16.6. The van der Waals surface area contributed by atoms with Gasteiger partial charge in [-0.05, 0) is 45.0 Å². The minimum Gasteiger partial charge on any atom is -0.444 e. The Kier molecular flexibility index (Phi) is 4.84. The fourth-order valence-corrected chi connectivity index (χ4v) is 2.81. The van der Waals surface area contributed by atoms with Crippen LogP contribution in [0.5, 0.6) is 0 Å². The number of hydrogen-bond acceptors (Lipinski definition) is 4. The molecule has 0 radical (unpaired) electrons.